The Bertz CT molecular complexity index is 3770. The fraction of sp³-hybridized carbons (Fsp3) is 0.125. The molecule has 0 atom stereocenters. The average Bonchev–Trinajstić information content (AvgIpc) is 4.02. The van der Waals surface area contributed by atoms with E-state index in [1.54, 1.807) is 11.3 Å². The Morgan fingerprint density at radius 3 is 2.23 bits per heavy atom. The number of anilines is 2. The molecule has 11 aromatic rings. The number of para-hydroxylation sites is 1. The van der Waals surface area contributed by atoms with Crippen molar-refractivity contribution >= 4 is 94.4 Å². The molecule has 2 aliphatic heterocycles. The highest BCUT2D eigenvalue weighted by molar-refractivity contribution is 7.21. The Hall–Kier alpha value is -6.89. The molecule has 14 rings (SSSR count). The highest BCUT2D eigenvalue weighted by atomic mass is 32.1. The van der Waals surface area contributed by atoms with Crippen LogP contribution in [0.15, 0.2) is 156 Å². The van der Waals surface area contributed by atoms with Crippen molar-refractivity contribution in [2.24, 2.45) is 0 Å². The minimum atomic E-state index is -0.134. The minimum absolute atomic E-state index is 0.0258. The number of nitrogens with zero attached hydrogens (tertiary/aromatic N) is 3. The molecule has 0 unspecified atom stereocenters. The summed E-state index contributed by atoms with van der Waals surface area (Å²) in [5.74, 6) is 0. The number of aromatic nitrogens is 2. The average molecular weight is 814 g/mol. The number of thiazole rings is 1. The van der Waals surface area contributed by atoms with Crippen LogP contribution in [0.1, 0.15) is 51.3 Å². The zero-order valence-corrected chi connectivity index (χ0v) is 36.0. The van der Waals surface area contributed by atoms with E-state index in [-0.39, 0.29) is 17.7 Å². The van der Waals surface area contributed by atoms with E-state index in [1.165, 1.54) is 82.1 Å². The van der Waals surface area contributed by atoms with Crippen LogP contribution in [0.3, 0.4) is 0 Å². The summed E-state index contributed by atoms with van der Waals surface area (Å²) in [4.78, 5) is 7.97. The van der Waals surface area contributed by atoms with Gasteiger partial charge in [-0.05, 0) is 98.3 Å². The summed E-state index contributed by atoms with van der Waals surface area (Å²) in [5, 5.41) is 5.89. The Morgan fingerprint density at radius 1 is 0.613 bits per heavy atom. The van der Waals surface area contributed by atoms with Crippen molar-refractivity contribution in [3.63, 3.8) is 0 Å². The Labute approximate surface area is 363 Å². The summed E-state index contributed by atoms with van der Waals surface area (Å²) in [7, 11) is 0. The van der Waals surface area contributed by atoms with Gasteiger partial charge in [-0.15, -0.1) is 11.3 Å². The Morgan fingerprint density at radius 2 is 1.39 bits per heavy atom. The summed E-state index contributed by atoms with van der Waals surface area (Å²) < 4.78 is 10.5. The third-order valence-electron chi connectivity index (χ3n) is 14.4. The fourth-order valence-corrected chi connectivity index (χ4v) is 12.3. The van der Waals surface area contributed by atoms with E-state index >= 15 is 0 Å². The second-order valence-electron chi connectivity index (χ2n) is 19.1. The Kier molecular flexibility index (Phi) is 6.58. The van der Waals surface area contributed by atoms with Crippen LogP contribution < -0.4 is 15.7 Å². The lowest BCUT2D eigenvalue weighted by Gasteiger charge is -2.42. The van der Waals surface area contributed by atoms with Gasteiger partial charge in [0.25, 0.3) is 0 Å². The Balaban J connectivity index is 1.14. The van der Waals surface area contributed by atoms with E-state index in [0.29, 0.717) is 0 Å². The van der Waals surface area contributed by atoms with Crippen LogP contribution >= 0.6 is 11.3 Å². The summed E-state index contributed by atoms with van der Waals surface area (Å²) in [6.45, 7) is 11.5. The zero-order valence-electron chi connectivity index (χ0n) is 35.2. The lowest BCUT2D eigenvalue weighted by atomic mass is 9.44. The molecule has 294 valence electrons. The number of benzene rings is 8. The molecule has 6 heteroatoms. The molecule has 0 amide bonds. The zero-order chi connectivity index (χ0) is 41.4. The molecular weight excluding hydrogens is 774 g/mol. The highest BCUT2D eigenvalue weighted by Crippen LogP contribution is 2.53. The van der Waals surface area contributed by atoms with Crippen LogP contribution in [0.25, 0.3) is 92.5 Å². The molecule has 0 fully saturated rings. The van der Waals surface area contributed by atoms with Gasteiger partial charge in [-0.25, -0.2) is 4.98 Å². The van der Waals surface area contributed by atoms with Crippen LogP contribution in [0.5, 0.6) is 0 Å². The van der Waals surface area contributed by atoms with Crippen molar-refractivity contribution in [3.8, 4) is 38.5 Å². The van der Waals surface area contributed by atoms with Gasteiger partial charge in [0.15, 0.2) is 0 Å². The molecule has 0 bridgehead atoms. The van der Waals surface area contributed by atoms with Crippen LogP contribution in [-0.4, -0.2) is 16.4 Å². The summed E-state index contributed by atoms with van der Waals surface area (Å²) in [6.07, 6.45) is 0. The fourth-order valence-electron chi connectivity index (χ4n) is 11.3. The van der Waals surface area contributed by atoms with E-state index in [0.717, 1.165) is 49.4 Å². The minimum Gasteiger partial charge on any atom is -0.456 e. The first-order valence-electron chi connectivity index (χ1n) is 21.7. The SMILES string of the molecule is CC(C)(C)c1ccc(N2B3c4cc5nc(-c6ccccc6)sc5cc4-n4c5cc6c(cc5c5ccc(c3c54)-c3cc4c(cc32)oc2ccccc24)-c2ccccc2C6(C)C)cc1. The molecule has 5 heterocycles. The van der Waals surface area contributed by atoms with E-state index < -0.39 is 0 Å². The number of hydrogen-bond donors (Lipinski definition) is 0. The van der Waals surface area contributed by atoms with Gasteiger partial charge in [0.1, 0.15) is 16.2 Å². The smallest absolute Gasteiger partial charge is 0.333 e. The van der Waals surface area contributed by atoms with Crippen molar-refractivity contribution in [2.45, 2.75) is 45.4 Å². The predicted octanol–water partition coefficient (Wildman–Crippen LogP) is 13.8. The van der Waals surface area contributed by atoms with Crippen LogP contribution in [0.2, 0.25) is 0 Å². The number of rotatable bonds is 2. The maximum absolute atomic E-state index is 6.66. The molecule has 0 spiro atoms. The molecule has 8 aromatic carbocycles. The van der Waals surface area contributed by atoms with Crippen LogP contribution in [0, 0.1) is 0 Å². The van der Waals surface area contributed by atoms with Crippen LogP contribution in [-0.2, 0) is 10.8 Å². The molecule has 62 heavy (non-hydrogen) atoms. The van der Waals surface area contributed by atoms with Gasteiger partial charge in [-0.2, -0.15) is 0 Å². The normalized spacial score (nSPS) is 14.6. The third kappa shape index (κ3) is 4.45. The van der Waals surface area contributed by atoms with Crippen molar-refractivity contribution in [3.05, 3.63) is 168 Å². The maximum Gasteiger partial charge on any atom is 0.333 e. The molecule has 0 saturated carbocycles. The highest BCUT2D eigenvalue weighted by Gasteiger charge is 2.45. The lowest BCUT2D eigenvalue weighted by Crippen LogP contribution is -2.60. The van der Waals surface area contributed by atoms with Gasteiger partial charge in [0.05, 0.1) is 21.3 Å². The van der Waals surface area contributed by atoms with Crippen LogP contribution in [0.4, 0.5) is 11.4 Å². The molecule has 3 aromatic heterocycles. The van der Waals surface area contributed by atoms with E-state index in [9.17, 15) is 0 Å². The van der Waals surface area contributed by atoms with Crippen molar-refractivity contribution in [2.75, 3.05) is 4.81 Å². The van der Waals surface area contributed by atoms with Crippen molar-refractivity contribution < 1.29 is 4.42 Å². The molecule has 4 nitrogen and oxygen atoms in total. The third-order valence-corrected chi connectivity index (χ3v) is 15.4. The first-order valence-corrected chi connectivity index (χ1v) is 22.5. The van der Waals surface area contributed by atoms with Gasteiger partial charge in [-0.1, -0.05) is 132 Å². The molecular formula is C56H40BN3OS. The molecule has 1 aliphatic carbocycles. The topological polar surface area (TPSA) is 34.2 Å². The van der Waals surface area contributed by atoms with Crippen molar-refractivity contribution in [1.82, 2.24) is 9.55 Å². The van der Waals surface area contributed by atoms with E-state index in [2.05, 4.69) is 196 Å². The predicted molar refractivity (Wildman–Crippen MR) is 262 cm³/mol. The van der Waals surface area contributed by atoms with Gasteiger partial charge < -0.3 is 13.8 Å². The molecule has 0 radical (unpaired) electrons. The first-order chi connectivity index (χ1) is 30.1. The second kappa shape index (κ2) is 11.7. The second-order valence-corrected chi connectivity index (χ2v) is 20.2. The van der Waals surface area contributed by atoms with E-state index in [1.807, 2.05) is 0 Å². The van der Waals surface area contributed by atoms with Crippen molar-refractivity contribution in [1.29, 1.82) is 0 Å². The quantitative estimate of drug-likeness (QED) is 0.163. The monoisotopic (exact) mass is 813 g/mol. The molecule has 3 aliphatic rings. The lowest BCUT2D eigenvalue weighted by molar-refractivity contribution is 0.590. The number of furan rings is 1. The number of hydrogen-bond acceptors (Lipinski definition) is 4. The summed E-state index contributed by atoms with van der Waals surface area (Å²) >= 11 is 1.78. The van der Waals surface area contributed by atoms with E-state index in [4.69, 9.17) is 9.40 Å². The van der Waals surface area contributed by atoms with Gasteiger partial charge in [-0.3, -0.25) is 0 Å². The molecule has 0 N–H and O–H groups in total. The summed E-state index contributed by atoms with van der Waals surface area (Å²) in [5.41, 5.74) is 21.8. The van der Waals surface area contributed by atoms with Gasteiger partial charge in [0, 0.05) is 61.2 Å². The number of fused-ring (bicyclic) bond motifs is 15. The van der Waals surface area contributed by atoms with Gasteiger partial charge >= 0.3 is 6.85 Å². The standard InChI is InChI=1S/C56H40BN3OS/c1-55(2,3)32-19-21-33(22-20-32)60-47-29-50-41(35-16-10-12-18-49(35)61-50)26-39(47)36-23-24-37-40-25-38-34-15-9-11-17-42(34)56(4,5)43(38)27-46(40)59-48-30-51-45(28-44(48)57(60)52(36)53(37)59)58-54(62-51)31-13-7-6-8-14-31/h6-30H,1-5H3. The molecule has 0 saturated heterocycles. The van der Waals surface area contributed by atoms with Gasteiger partial charge in [0.2, 0.25) is 0 Å². The maximum atomic E-state index is 6.66. The first kappa shape index (κ1) is 34.8. The summed E-state index contributed by atoms with van der Waals surface area (Å²) in [6, 6.07) is 56.8. The largest absolute Gasteiger partial charge is 0.456 e.